The third-order valence-corrected chi connectivity index (χ3v) is 9.78. The molecular formula is C47H31N3O. The first-order chi connectivity index (χ1) is 25.3. The van der Waals surface area contributed by atoms with Gasteiger partial charge in [0.2, 0.25) is 5.89 Å². The van der Waals surface area contributed by atoms with Crippen molar-refractivity contribution < 1.29 is 4.42 Å². The summed E-state index contributed by atoms with van der Waals surface area (Å²) in [5.74, 6) is 0.620. The molecule has 8 aromatic carbocycles. The average Bonchev–Trinajstić information content (AvgIpc) is 3.79. The third-order valence-electron chi connectivity index (χ3n) is 9.78. The number of hydrogen-bond acceptors (Lipinski definition) is 3. The van der Waals surface area contributed by atoms with Gasteiger partial charge in [-0.15, -0.1) is 0 Å². The third kappa shape index (κ3) is 4.96. The van der Waals surface area contributed by atoms with E-state index in [0.29, 0.717) is 5.89 Å². The zero-order valence-corrected chi connectivity index (χ0v) is 27.6. The Morgan fingerprint density at radius 3 is 1.88 bits per heavy atom. The highest BCUT2D eigenvalue weighted by molar-refractivity contribution is 6.11. The second-order valence-corrected chi connectivity index (χ2v) is 12.8. The molecule has 0 saturated carbocycles. The summed E-state index contributed by atoms with van der Waals surface area (Å²) < 4.78 is 8.88. The maximum Gasteiger partial charge on any atom is 0.227 e. The van der Waals surface area contributed by atoms with Crippen molar-refractivity contribution in [3.8, 4) is 28.3 Å². The fraction of sp³-hybridized carbons (Fsp3) is 0. The van der Waals surface area contributed by atoms with E-state index in [-0.39, 0.29) is 0 Å². The lowest BCUT2D eigenvalue weighted by atomic mass is 10.0. The van der Waals surface area contributed by atoms with Gasteiger partial charge in [0.05, 0.1) is 11.0 Å². The van der Waals surface area contributed by atoms with E-state index in [4.69, 9.17) is 9.40 Å². The summed E-state index contributed by atoms with van der Waals surface area (Å²) in [7, 11) is 0. The first-order valence-corrected chi connectivity index (χ1v) is 17.2. The zero-order valence-electron chi connectivity index (χ0n) is 27.6. The van der Waals surface area contributed by atoms with Crippen LogP contribution in [0.15, 0.2) is 192 Å². The number of aromatic nitrogens is 2. The molecule has 4 heteroatoms. The van der Waals surface area contributed by atoms with Gasteiger partial charge in [0, 0.05) is 44.5 Å². The van der Waals surface area contributed by atoms with Gasteiger partial charge in [0.1, 0.15) is 5.52 Å². The van der Waals surface area contributed by atoms with Crippen molar-refractivity contribution in [2.45, 2.75) is 0 Å². The Morgan fingerprint density at radius 2 is 1.06 bits per heavy atom. The Labute approximate surface area is 295 Å². The van der Waals surface area contributed by atoms with Gasteiger partial charge >= 0.3 is 0 Å². The molecule has 0 aliphatic rings. The van der Waals surface area contributed by atoms with E-state index >= 15 is 0 Å². The van der Waals surface area contributed by atoms with Gasteiger partial charge in [0.15, 0.2) is 5.58 Å². The molecule has 0 aliphatic heterocycles. The Hall–Kier alpha value is -6.91. The summed E-state index contributed by atoms with van der Waals surface area (Å²) in [5.41, 5.74) is 11.5. The van der Waals surface area contributed by atoms with Gasteiger partial charge in [-0.25, -0.2) is 4.98 Å². The summed E-state index contributed by atoms with van der Waals surface area (Å²) in [4.78, 5) is 7.23. The molecule has 2 aromatic heterocycles. The predicted molar refractivity (Wildman–Crippen MR) is 211 cm³/mol. The second-order valence-electron chi connectivity index (χ2n) is 12.8. The number of anilines is 3. The number of rotatable bonds is 6. The molecule has 4 nitrogen and oxygen atoms in total. The highest BCUT2D eigenvalue weighted by atomic mass is 16.3. The molecule has 10 rings (SSSR count). The molecule has 0 fully saturated rings. The van der Waals surface area contributed by atoms with Gasteiger partial charge < -0.3 is 13.9 Å². The molecule has 2 heterocycles. The minimum absolute atomic E-state index is 0.620. The zero-order chi connectivity index (χ0) is 33.7. The lowest BCUT2D eigenvalue weighted by molar-refractivity contribution is 0.623. The van der Waals surface area contributed by atoms with Crippen LogP contribution in [0, 0.1) is 0 Å². The van der Waals surface area contributed by atoms with Crippen LogP contribution in [0.25, 0.3) is 71.9 Å². The molecule has 51 heavy (non-hydrogen) atoms. The van der Waals surface area contributed by atoms with Crippen LogP contribution in [-0.4, -0.2) is 9.55 Å². The number of fused-ring (bicyclic) bond motifs is 6. The van der Waals surface area contributed by atoms with E-state index in [1.165, 1.54) is 21.9 Å². The summed E-state index contributed by atoms with van der Waals surface area (Å²) in [5, 5.41) is 4.56. The molecule has 0 amide bonds. The maximum absolute atomic E-state index is 6.51. The summed E-state index contributed by atoms with van der Waals surface area (Å²) >= 11 is 0. The van der Waals surface area contributed by atoms with Crippen LogP contribution in [-0.2, 0) is 0 Å². The lowest BCUT2D eigenvalue weighted by Crippen LogP contribution is -2.10. The molecule has 0 N–H and O–H groups in total. The van der Waals surface area contributed by atoms with Crippen molar-refractivity contribution in [2.24, 2.45) is 0 Å². The first-order valence-electron chi connectivity index (χ1n) is 17.2. The Bertz CT molecular complexity index is 2850. The van der Waals surface area contributed by atoms with E-state index in [0.717, 1.165) is 61.3 Å². The fourth-order valence-corrected chi connectivity index (χ4v) is 7.39. The van der Waals surface area contributed by atoms with Gasteiger partial charge in [-0.3, -0.25) is 0 Å². The van der Waals surface area contributed by atoms with Crippen molar-refractivity contribution in [3.05, 3.63) is 188 Å². The fourth-order valence-electron chi connectivity index (χ4n) is 7.39. The first kappa shape index (κ1) is 29.0. The maximum atomic E-state index is 6.51. The van der Waals surface area contributed by atoms with Crippen LogP contribution in [0.3, 0.4) is 0 Å². The smallest absolute Gasteiger partial charge is 0.227 e. The van der Waals surface area contributed by atoms with E-state index in [1.54, 1.807) is 0 Å². The highest BCUT2D eigenvalue weighted by Crippen LogP contribution is 2.42. The number of oxazole rings is 1. The molecule has 240 valence electrons. The van der Waals surface area contributed by atoms with Gasteiger partial charge in [-0.1, -0.05) is 115 Å². The molecule has 0 atom stereocenters. The van der Waals surface area contributed by atoms with Crippen molar-refractivity contribution in [2.75, 3.05) is 4.90 Å². The molecule has 0 spiro atoms. The lowest BCUT2D eigenvalue weighted by Gasteiger charge is -2.26. The monoisotopic (exact) mass is 653 g/mol. The predicted octanol–water partition coefficient (Wildman–Crippen LogP) is 12.9. The summed E-state index contributed by atoms with van der Waals surface area (Å²) in [6.07, 6.45) is 0. The van der Waals surface area contributed by atoms with Crippen LogP contribution >= 0.6 is 0 Å². The molecule has 0 bridgehead atoms. The quantitative estimate of drug-likeness (QED) is 0.179. The van der Waals surface area contributed by atoms with Crippen LogP contribution < -0.4 is 4.90 Å². The van der Waals surface area contributed by atoms with E-state index in [9.17, 15) is 0 Å². The number of nitrogens with zero attached hydrogens (tertiary/aromatic N) is 3. The Kier molecular flexibility index (Phi) is 6.78. The average molecular weight is 654 g/mol. The van der Waals surface area contributed by atoms with Crippen molar-refractivity contribution >= 4 is 60.7 Å². The van der Waals surface area contributed by atoms with Gasteiger partial charge in [-0.05, 0) is 89.3 Å². The van der Waals surface area contributed by atoms with Gasteiger partial charge in [-0.2, -0.15) is 0 Å². The SMILES string of the molecule is c1ccc(-c2cccc(N(c3ccc4ccc5nc(-c6ccccc6)oc5c4c3)c3ccc4c5ccccc5n(-c5ccccc5)c4c3)c2)cc1. The molecular weight excluding hydrogens is 623 g/mol. The highest BCUT2D eigenvalue weighted by Gasteiger charge is 2.19. The number of hydrogen-bond donors (Lipinski definition) is 0. The van der Waals surface area contributed by atoms with E-state index in [1.807, 2.05) is 36.4 Å². The minimum Gasteiger partial charge on any atom is -0.435 e. The molecule has 0 radical (unpaired) electrons. The molecule has 0 unspecified atom stereocenters. The van der Waals surface area contributed by atoms with Gasteiger partial charge in [0.25, 0.3) is 0 Å². The second kappa shape index (κ2) is 11.9. The molecule has 0 aliphatic carbocycles. The summed E-state index contributed by atoms with van der Waals surface area (Å²) in [6, 6.07) is 66.4. The van der Waals surface area contributed by atoms with E-state index < -0.39 is 0 Å². The van der Waals surface area contributed by atoms with Crippen molar-refractivity contribution in [3.63, 3.8) is 0 Å². The van der Waals surface area contributed by atoms with E-state index in [2.05, 4.69) is 161 Å². The number of para-hydroxylation sites is 2. The van der Waals surface area contributed by atoms with Crippen LogP contribution in [0.5, 0.6) is 0 Å². The van der Waals surface area contributed by atoms with Crippen molar-refractivity contribution in [1.29, 1.82) is 0 Å². The Morgan fingerprint density at radius 1 is 0.431 bits per heavy atom. The molecule has 10 aromatic rings. The van der Waals surface area contributed by atoms with Crippen LogP contribution in [0.4, 0.5) is 17.1 Å². The van der Waals surface area contributed by atoms with Crippen LogP contribution in [0.2, 0.25) is 0 Å². The number of benzene rings is 8. The molecule has 0 saturated heterocycles. The minimum atomic E-state index is 0.620. The van der Waals surface area contributed by atoms with Crippen molar-refractivity contribution in [1.82, 2.24) is 9.55 Å². The topological polar surface area (TPSA) is 34.2 Å². The van der Waals surface area contributed by atoms with Crippen LogP contribution in [0.1, 0.15) is 0 Å². The Balaban J connectivity index is 1.21. The largest absolute Gasteiger partial charge is 0.435 e. The standard InChI is InChI=1S/C47H31N3O/c1-4-13-32(14-5-1)35-17-12-20-37(29-35)49(38-25-23-33-24-28-43-46(42(33)30-38)51-47(48-43)34-15-6-2-7-16-34)39-26-27-41-40-21-10-11-22-44(40)50(45(41)31-39)36-18-8-3-9-19-36/h1-31H. The normalized spacial score (nSPS) is 11.5. The summed E-state index contributed by atoms with van der Waals surface area (Å²) in [6.45, 7) is 0.